The average molecular weight is 454 g/mol. The summed E-state index contributed by atoms with van der Waals surface area (Å²) in [5, 5.41) is 0.806. The molecule has 0 atom stereocenters. The van der Waals surface area contributed by atoms with Gasteiger partial charge in [-0.15, -0.1) is 0 Å². The number of hydrogen-bond donors (Lipinski definition) is 1. The number of nitrogens with one attached hydrogen (secondary N) is 1. The number of methoxy groups -OCH3 is 1. The molecule has 10 heteroatoms. The van der Waals surface area contributed by atoms with Crippen LogP contribution in [0, 0.1) is 0 Å². The monoisotopic (exact) mass is 454 g/mol. The van der Waals surface area contributed by atoms with Crippen molar-refractivity contribution in [3.63, 3.8) is 0 Å². The number of esters is 1. The van der Waals surface area contributed by atoms with E-state index < -0.39 is 17.2 Å². The Labute approximate surface area is 188 Å². The number of aromatic nitrogens is 4. The van der Waals surface area contributed by atoms with Crippen LogP contribution in [0.3, 0.4) is 0 Å². The molecule has 10 nitrogen and oxygen atoms in total. The van der Waals surface area contributed by atoms with E-state index in [0.717, 1.165) is 18.2 Å². The van der Waals surface area contributed by atoms with Gasteiger partial charge >= 0.3 is 11.7 Å². The van der Waals surface area contributed by atoms with Gasteiger partial charge in [0, 0.05) is 30.1 Å². The lowest BCUT2D eigenvalue weighted by Gasteiger charge is -2.07. The lowest BCUT2D eigenvalue weighted by atomic mass is 10.1. The van der Waals surface area contributed by atoms with Gasteiger partial charge in [-0.2, -0.15) is 0 Å². The largest absolute Gasteiger partial charge is 0.497 e. The first-order valence-corrected chi connectivity index (χ1v) is 10.9. The Kier molecular flexibility index (Phi) is 6.34. The van der Waals surface area contributed by atoms with Crippen molar-refractivity contribution in [3.8, 4) is 5.75 Å². The summed E-state index contributed by atoms with van der Waals surface area (Å²) in [4.78, 5) is 44.2. The molecule has 0 saturated heterocycles. The molecule has 0 unspecified atom stereocenters. The fraction of sp³-hybridized carbons (Fsp3) is 0.391. The number of hydrogen-bond acceptors (Lipinski definition) is 7. The highest BCUT2D eigenvalue weighted by Crippen LogP contribution is 2.26. The molecule has 4 rings (SSSR count). The molecule has 0 saturated carbocycles. The van der Waals surface area contributed by atoms with E-state index in [0.29, 0.717) is 47.0 Å². The van der Waals surface area contributed by atoms with Gasteiger partial charge in [0.25, 0.3) is 5.56 Å². The zero-order valence-electron chi connectivity index (χ0n) is 18.8. The number of aryl methyl sites for hydroxylation is 2. The Balaban J connectivity index is 1.56. The predicted octanol–water partition coefficient (Wildman–Crippen LogP) is 2.75. The minimum Gasteiger partial charge on any atom is -0.497 e. The van der Waals surface area contributed by atoms with Gasteiger partial charge < -0.3 is 18.5 Å². The first-order chi connectivity index (χ1) is 16.0. The number of H-pyrrole nitrogens is 1. The minimum atomic E-state index is -0.505. The quantitative estimate of drug-likeness (QED) is 0.386. The number of unbranched alkanes of at least 4 members (excludes halogenated alkanes) is 1. The Morgan fingerprint density at radius 3 is 2.76 bits per heavy atom. The number of benzene rings is 1. The zero-order chi connectivity index (χ0) is 23.5. The first-order valence-electron chi connectivity index (χ1n) is 10.9. The second kappa shape index (κ2) is 9.35. The summed E-state index contributed by atoms with van der Waals surface area (Å²) >= 11 is 0. The lowest BCUT2D eigenvalue weighted by molar-refractivity contribution is -0.144. The molecule has 174 valence electrons. The number of ether oxygens (including phenoxy) is 2. The third-order valence-electron chi connectivity index (χ3n) is 5.58. The lowest BCUT2D eigenvalue weighted by Crippen LogP contribution is -2.31. The van der Waals surface area contributed by atoms with Gasteiger partial charge in [-0.3, -0.25) is 19.1 Å². The van der Waals surface area contributed by atoms with Gasteiger partial charge in [0.1, 0.15) is 23.8 Å². The number of rotatable bonds is 9. The van der Waals surface area contributed by atoms with E-state index in [9.17, 15) is 14.4 Å². The Morgan fingerprint density at radius 1 is 1.21 bits per heavy atom. The number of fused-ring (bicyclic) bond motifs is 2. The van der Waals surface area contributed by atoms with Crippen LogP contribution >= 0.6 is 0 Å². The molecular formula is C23H26N4O6. The van der Waals surface area contributed by atoms with Crippen LogP contribution < -0.4 is 16.0 Å². The number of carbonyl (C=O) groups excluding carboxylic acids is 1. The number of nitrogens with zero attached hydrogens (tertiary/aromatic N) is 3. The average Bonchev–Trinajstić information content (AvgIpc) is 3.38. The van der Waals surface area contributed by atoms with Crippen molar-refractivity contribution < 1.29 is 18.7 Å². The molecule has 0 aliphatic heterocycles. The van der Waals surface area contributed by atoms with Gasteiger partial charge in [-0.05, 0) is 25.5 Å². The summed E-state index contributed by atoms with van der Waals surface area (Å²) in [6, 6.07) is 5.38. The van der Waals surface area contributed by atoms with E-state index in [4.69, 9.17) is 13.9 Å². The van der Waals surface area contributed by atoms with Gasteiger partial charge in [0.05, 0.1) is 19.8 Å². The molecule has 0 spiro atoms. The molecule has 0 aliphatic rings. The number of imidazole rings is 1. The molecule has 33 heavy (non-hydrogen) atoms. The van der Waals surface area contributed by atoms with Crippen LogP contribution in [-0.4, -0.2) is 32.2 Å². The van der Waals surface area contributed by atoms with Crippen molar-refractivity contribution in [2.45, 2.75) is 52.8 Å². The summed E-state index contributed by atoms with van der Waals surface area (Å²) in [5.74, 6) is 0.612. The molecule has 0 aliphatic carbocycles. The number of aromatic amines is 1. The molecule has 3 heterocycles. The molecule has 1 N–H and O–H groups in total. The van der Waals surface area contributed by atoms with Crippen molar-refractivity contribution in [1.82, 2.24) is 19.1 Å². The zero-order valence-corrected chi connectivity index (χ0v) is 18.8. The highest BCUT2D eigenvalue weighted by atomic mass is 16.5. The molecule has 0 bridgehead atoms. The first kappa shape index (κ1) is 22.4. The predicted molar refractivity (Wildman–Crippen MR) is 121 cm³/mol. The number of carbonyl (C=O) groups is 1. The Morgan fingerprint density at radius 2 is 2.03 bits per heavy atom. The summed E-state index contributed by atoms with van der Waals surface area (Å²) in [6.07, 6.45) is 3.21. The highest BCUT2D eigenvalue weighted by molar-refractivity contribution is 5.86. The van der Waals surface area contributed by atoms with Gasteiger partial charge in [0.15, 0.2) is 11.2 Å². The second-order valence-corrected chi connectivity index (χ2v) is 7.67. The molecule has 1 aromatic carbocycles. The Bertz CT molecular complexity index is 1420. The van der Waals surface area contributed by atoms with Gasteiger partial charge in [-0.1, -0.05) is 13.3 Å². The van der Waals surface area contributed by atoms with Gasteiger partial charge in [0.2, 0.25) is 0 Å². The van der Waals surface area contributed by atoms with Crippen molar-refractivity contribution in [3.05, 3.63) is 56.7 Å². The fourth-order valence-electron chi connectivity index (χ4n) is 3.87. The van der Waals surface area contributed by atoms with Crippen LogP contribution in [0.25, 0.3) is 22.1 Å². The topological polar surface area (TPSA) is 121 Å². The third-order valence-corrected chi connectivity index (χ3v) is 5.58. The van der Waals surface area contributed by atoms with E-state index in [1.54, 1.807) is 23.8 Å². The maximum Gasteiger partial charge on any atom is 0.330 e. The van der Waals surface area contributed by atoms with E-state index in [1.807, 2.05) is 19.9 Å². The van der Waals surface area contributed by atoms with E-state index >= 15 is 0 Å². The van der Waals surface area contributed by atoms with Crippen LogP contribution in [-0.2, 0) is 35.6 Å². The SMILES string of the molecule is CCCCn1c(=O)[nH]c(=O)c2c1nc(COC(=O)Cc1coc3cc(OC)ccc13)n2CC. The standard InChI is InChI=1S/C23H26N4O6/c1-4-6-9-27-21-20(22(29)25-23(27)30)26(5-2)18(24-21)13-33-19(28)10-14-12-32-17-11-15(31-3)7-8-16(14)17/h7-8,11-12H,4-6,9-10,13H2,1-3H3,(H,25,29,30). The minimum absolute atomic E-state index is 0.0213. The summed E-state index contributed by atoms with van der Waals surface area (Å²) in [7, 11) is 1.57. The fourth-order valence-corrected chi connectivity index (χ4v) is 3.87. The van der Waals surface area contributed by atoms with Crippen molar-refractivity contribution in [2.24, 2.45) is 0 Å². The summed E-state index contributed by atoms with van der Waals surface area (Å²) in [6.45, 7) is 4.64. The molecule has 4 aromatic rings. The van der Waals surface area contributed by atoms with Crippen LogP contribution in [0.4, 0.5) is 0 Å². The van der Waals surface area contributed by atoms with Crippen LogP contribution in [0.2, 0.25) is 0 Å². The molecule has 0 amide bonds. The summed E-state index contributed by atoms with van der Waals surface area (Å²) in [5.41, 5.74) is 0.929. The van der Waals surface area contributed by atoms with Crippen LogP contribution in [0.5, 0.6) is 5.75 Å². The smallest absolute Gasteiger partial charge is 0.330 e. The molecule has 3 aromatic heterocycles. The second-order valence-electron chi connectivity index (χ2n) is 7.67. The molecule has 0 fully saturated rings. The van der Waals surface area contributed by atoms with Crippen molar-refractivity contribution >= 4 is 28.1 Å². The van der Waals surface area contributed by atoms with E-state index in [2.05, 4.69) is 9.97 Å². The maximum absolute atomic E-state index is 12.5. The Hall–Kier alpha value is -3.82. The third kappa shape index (κ3) is 4.28. The van der Waals surface area contributed by atoms with Gasteiger partial charge in [-0.25, -0.2) is 9.78 Å². The maximum atomic E-state index is 12.5. The molecule has 0 radical (unpaired) electrons. The normalized spacial score (nSPS) is 11.4. The van der Waals surface area contributed by atoms with Crippen LogP contribution in [0.15, 0.2) is 38.5 Å². The van der Waals surface area contributed by atoms with E-state index in [1.165, 1.54) is 10.8 Å². The van der Waals surface area contributed by atoms with E-state index in [-0.39, 0.29) is 13.0 Å². The van der Waals surface area contributed by atoms with Crippen LogP contribution in [0.1, 0.15) is 38.1 Å². The highest BCUT2D eigenvalue weighted by Gasteiger charge is 2.19. The molecular weight excluding hydrogens is 428 g/mol. The number of furan rings is 1. The van der Waals surface area contributed by atoms with Crippen molar-refractivity contribution in [2.75, 3.05) is 7.11 Å². The summed E-state index contributed by atoms with van der Waals surface area (Å²) < 4.78 is 19.3. The van der Waals surface area contributed by atoms with Crippen molar-refractivity contribution in [1.29, 1.82) is 0 Å².